The van der Waals surface area contributed by atoms with Crippen molar-refractivity contribution in [3.63, 3.8) is 0 Å². The van der Waals surface area contributed by atoms with Gasteiger partial charge in [-0.05, 0) is 54.5 Å². The SMILES string of the molecule is CC(C)C1(CNc2ccc3cc(N)ccc3n2)CC1. The number of nitrogens with two attached hydrogens (primary N) is 1. The highest BCUT2D eigenvalue weighted by Crippen LogP contribution is 2.51. The number of nitrogens with zero attached hydrogens (tertiary/aromatic N) is 1. The van der Waals surface area contributed by atoms with E-state index in [-0.39, 0.29) is 0 Å². The Morgan fingerprint density at radius 3 is 2.74 bits per heavy atom. The monoisotopic (exact) mass is 255 g/mol. The van der Waals surface area contributed by atoms with Gasteiger partial charge in [0.1, 0.15) is 5.82 Å². The zero-order valence-corrected chi connectivity index (χ0v) is 11.6. The summed E-state index contributed by atoms with van der Waals surface area (Å²) in [6, 6.07) is 9.96. The summed E-state index contributed by atoms with van der Waals surface area (Å²) in [4.78, 5) is 4.64. The molecule has 1 aromatic heterocycles. The highest BCUT2D eigenvalue weighted by atomic mass is 15.0. The normalized spacial score (nSPS) is 16.8. The highest BCUT2D eigenvalue weighted by molar-refractivity contribution is 5.83. The molecular weight excluding hydrogens is 234 g/mol. The van der Waals surface area contributed by atoms with Crippen LogP contribution in [0.5, 0.6) is 0 Å². The third kappa shape index (κ3) is 2.37. The molecule has 1 aromatic carbocycles. The van der Waals surface area contributed by atoms with Crippen molar-refractivity contribution < 1.29 is 0 Å². The Balaban J connectivity index is 1.77. The average Bonchev–Trinajstić information content (AvgIpc) is 3.17. The molecule has 1 saturated carbocycles. The summed E-state index contributed by atoms with van der Waals surface area (Å²) in [5.41, 5.74) is 8.05. The van der Waals surface area contributed by atoms with Gasteiger partial charge in [0.15, 0.2) is 0 Å². The lowest BCUT2D eigenvalue weighted by Gasteiger charge is -2.20. The van der Waals surface area contributed by atoms with Crippen LogP contribution in [0.4, 0.5) is 11.5 Å². The first-order valence-electron chi connectivity index (χ1n) is 6.99. The molecule has 0 amide bonds. The van der Waals surface area contributed by atoms with Crippen molar-refractivity contribution in [2.24, 2.45) is 11.3 Å². The number of rotatable bonds is 4. The fourth-order valence-corrected chi connectivity index (χ4v) is 2.63. The lowest BCUT2D eigenvalue weighted by atomic mass is 9.92. The maximum Gasteiger partial charge on any atom is 0.126 e. The van der Waals surface area contributed by atoms with Gasteiger partial charge in [0, 0.05) is 17.6 Å². The molecule has 3 nitrogen and oxygen atoms in total. The lowest BCUT2D eigenvalue weighted by Crippen LogP contribution is -2.21. The van der Waals surface area contributed by atoms with Crippen molar-refractivity contribution >= 4 is 22.4 Å². The number of hydrogen-bond acceptors (Lipinski definition) is 3. The molecule has 1 fully saturated rings. The number of benzene rings is 1. The quantitative estimate of drug-likeness (QED) is 0.820. The number of nitrogen functional groups attached to an aromatic ring is 1. The summed E-state index contributed by atoms with van der Waals surface area (Å²) in [7, 11) is 0. The number of aromatic nitrogens is 1. The molecular formula is C16H21N3. The molecule has 0 spiro atoms. The standard InChI is InChI=1S/C16H21N3/c1-11(2)16(7-8-16)10-18-15-6-3-12-9-13(17)4-5-14(12)19-15/h3-6,9,11H,7-8,10,17H2,1-2H3,(H,18,19). The van der Waals surface area contributed by atoms with Gasteiger partial charge in [0.25, 0.3) is 0 Å². The van der Waals surface area contributed by atoms with E-state index in [4.69, 9.17) is 5.73 Å². The summed E-state index contributed by atoms with van der Waals surface area (Å²) >= 11 is 0. The first-order chi connectivity index (χ1) is 9.09. The fourth-order valence-electron chi connectivity index (χ4n) is 2.63. The minimum absolute atomic E-state index is 0.498. The predicted octanol–water partition coefficient (Wildman–Crippen LogP) is 3.67. The van der Waals surface area contributed by atoms with E-state index in [1.807, 2.05) is 24.3 Å². The van der Waals surface area contributed by atoms with Gasteiger partial charge < -0.3 is 11.1 Å². The van der Waals surface area contributed by atoms with Gasteiger partial charge in [-0.15, -0.1) is 0 Å². The third-order valence-corrected chi connectivity index (χ3v) is 4.45. The van der Waals surface area contributed by atoms with Gasteiger partial charge in [-0.2, -0.15) is 0 Å². The molecule has 0 unspecified atom stereocenters. The molecule has 0 radical (unpaired) electrons. The Labute approximate surface area is 114 Å². The largest absolute Gasteiger partial charge is 0.399 e. The molecule has 1 aliphatic rings. The Hall–Kier alpha value is -1.77. The number of fused-ring (bicyclic) bond motifs is 1. The molecule has 3 N–H and O–H groups in total. The second-order valence-electron chi connectivity index (χ2n) is 6.02. The summed E-state index contributed by atoms with van der Waals surface area (Å²) in [6.07, 6.45) is 2.67. The molecule has 0 saturated heterocycles. The third-order valence-electron chi connectivity index (χ3n) is 4.45. The Morgan fingerprint density at radius 1 is 1.26 bits per heavy atom. The van der Waals surface area contributed by atoms with Crippen LogP contribution < -0.4 is 11.1 Å². The minimum atomic E-state index is 0.498. The van der Waals surface area contributed by atoms with E-state index in [0.29, 0.717) is 5.41 Å². The molecule has 0 aliphatic heterocycles. The topological polar surface area (TPSA) is 50.9 Å². The van der Waals surface area contributed by atoms with Gasteiger partial charge in [-0.1, -0.05) is 13.8 Å². The van der Waals surface area contributed by atoms with Gasteiger partial charge in [0.2, 0.25) is 0 Å². The highest BCUT2D eigenvalue weighted by Gasteiger charge is 2.44. The molecule has 0 bridgehead atoms. The van der Waals surface area contributed by atoms with Crippen molar-refractivity contribution in [1.29, 1.82) is 0 Å². The van der Waals surface area contributed by atoms with E-state index in [0.717, 1.165) is 34.9 Å². The van der Waals surface area contributed by atoms with Gasteiger partial charge >= 0.3 is 0 Å². The Kier molecular flexibility index (Phi) is 2.85. The van der Waals surface area contributed by atoms with Gasteiger partial charge in [-0.3, -0.25) is 0 Å². The molecule has 0 atom stereocenters. The number of pyridine rings is 1. The van der Waals surface area contributed by atoms with Crippen LogP contribution in [0.1, 0.15) is 26.7 Å². The fraction of sp³-hybridized carbons (Fsp3) is 0.438. The van der Waals surface area contributed by atoms with E-state index >= 15 is 0 Å². The van der Waals surface area contributed by atoms with Crippen LogP contribution in [0.25, 0.3) is 10.9 Å². The van der Waals surface area contributed by atoms with Gasteiger partial charge in [-0.25, -0.2) is 4.98 Å². The second kappa shape index (κ2) is 4.41. The van der Waals surface area contributed by atoms with E-state index < -0.39 is 0 Å². The molecule has 3 rings (SSSR count). The maximum absolute atomic E-state index is 5.78. The lowest BCUT2D eigenvalue weighted by molar-refractivity contribution is 0.380. The average molecular weight is 255 g/mol. The van der Waals surface area contributed by atoms with Crippen molar-refractivity contribution in [2.45, 2.75) is 26.7 Å². The molecule has 1 heterocycles. The van der Waals surface area contributed by atoms with Crippen molar-refractivity contribution in [3.05, 3.63) is 30.3 Å². The van der Waals surface area contributed by atoms with Crippen LogP contribution in [-0.4, -0.2) is 11.5 Å². The molecule has 2 aromatic rings. The van der Waals surface area contributed by atoms with E-state index in [1.165, 1.54) is 12.8 Å². The summed E-state index contributed by atoms with van der Waals surface area (Å²) < 4.78 is 0. The van der Waals surface area contributed by atoms with Crippen molar-refractivity contribution in [2.75, 3.05) is 17.6 Å². The van der Waals surface area contributed by atoms with Crippen LogP contribution in [0.2, 0.25) is 0 Å². The van der Waals surface area contributed by atoms with E-state index in [2.05, 4.69) is 30.2 Å². The van der Waals surface area contributed by atoms with Crippen LogP contribution >= 0.6 is 0 Å². The first kappa shape index (κ1) is 12.3. The van der Waals surface area contributed by atoms with Crippen LogP contribution in [0, 0.1) is 11.3 Å². The zero-order chi connectivity index (χ0) is 13.5. The number of anilines is 2. The van der Waals surface area contributed by atoms with E-state index in [1.54, 1.807) is 0 Å². The van der Waals surface area contributed by atoms with Crippen LogP contribution in [-0.2, 0) is 0 Å². The zero-order valence-electron chi connectivity index (χ0n) is 11.6. The van der Waals surface area contributed by atoms with Crippen molar-refractivity contribution in [1.82, 2.24) is 4.98 Å². The van der Waals surface area contributed by atoms with Crippen molar-refractivity contribution in [3.8, 4) is 0 Å². The number of hydrogen-bond donors (Lipinski definition) is 2. The summed E-state index contributed by atoms with van der Waals surface area (Å²) in [6.45, 7) is 5.65. The van der Waals surface area contributed by atoms with Gasteiger partial charge in [0.05, 0.1) is 5.52 Å². The Bertz CT molecular complexity index is 600. The molecule has 100 valence electrons. The predicted molar refractivity (Wildman–Crippen MR) is 81.2 cm³/mol. The minimum Gasteiger partial charge on any atom is -0.399 e. The van der Waals surface area contributed by atoms with E-state index in [9.17, 15) is 0 Å². The molecule has 1 aliphatic carbocycles. The summed E-state index contributed by atoms with van der Waals surface area (Å²) in [5.74, 6) is 1.70. The number of nitrogens with one attached hydrogen (secondary N) is 1. The van der Waals surface area contributed by atoms with Crippen LogP contribution in [0.3, 0.4) is 0 Å². The first-order valence-corrected chi connectivity index (χ1v) is 6.99. The molecule has 3 heteroatoms. The second-order valence-corrected chi connectivity index (χ2v) is 6.02. The molecule has 19 heavy (non-hydrogen) atoms. The maximum atomic E-state index is 5.78. The summed E-state index contributed by atoms with van der Waals surface area (Å²) in [5, 5.41) is 4.59. The smallest absolute Gasteiger partial charge is 0.126 e. The Morgan fingerprint density at radius 2 is 2.05 bits per heavy atom. The van der Waals surface area contributed by atoms with Crippen LogP contribution in [0.15, 0.2) is 30.3 Å².